The summed E-state index contributed by atoms with van der Waals surface area (Å²) in [6.45, 7) is 9.18. The molecule has 1 aromatic rings. The first-order valence-electron chi connectivity index (χ1n) is 6.94. The van der Waals surface area contributed by atoms with Gasteiger partial charge in [0.05, 0.1) is 18.7 Å². The molecular weight excluding hydrogens is 280 g/mol. The second-order valence-electron chi connectivity index (χ2n) is 5.56. The number of aromatic amines is 1. The number of nitrogens with one attached hydrogen (secondary N) is 1. The zero-order valence-corrected chi connectivity index (χ0v) is 13.3. The van der Waals surface area contributed by atoms with E-state index in [9.17, 15) is 9.59 Å². The van der Waals surface area contributed by atoms with Gasteiger partial charge in [-0.05, 0) is 18.3 Å². The number of hydrogen-bond acceptors (Lipinski definition) is 3. The van der Waals surface area contributed by atoms with Gasteiger partial charge in [-0.25, -0.2) is 4.79 Å². The van der Waals surface area contributed by atoms with Crippen LogP contribution in [0.5, 0.6) is 0 Å². The lowest BCUT2D eigenvalue weighted by molar-refractivity contribution is 0.114. The molecule has 0 aliphatic rings. The Morgan fingerprint density at radius 1 is 1.20 bits per heavy atom. The van der Waals surface area contributed by atoms with Crippen molar-refractivity contribution in [1.29, 1.82) is 0 Å². The van der Waals surface area contributed by atoms with Crippen LogP contribution < -0.4 is 11.2 Å². The van der Waals surface area contributed by atoms with E-state index in [4.69, 9.17) is 16.3 Å². The zero-order chi connectivity index (χ0) is 15.3. The van der Waals surface area contributed by atoms with E-state index in [-0.39, 0.29) is 23.2 Å². The Morgan fingerprint density at radius 3 is 2.40 bits per heavy atom. The highest BCUT2D eigenvalue weighted by molar-refractivity contribution is 6.30. The molecule has 1 N–H and O–H groups in total. The molecule has 6 heteroatoms. The summed E-state index contributed by atoms with van der Waals surface area (Å²) < 4.78 is 6.59. The second kappa shape index (κ2) is 7.64. The summed E-state index contributed by atoms with van der Waals surface area (Å²) in [6.07, 6.45) is 0.961. The summed E-state index contributed by atoms with van der Waals surface area (Å²) in [5.74, 6) is 0.532. The van der Waals surface area contributed by atoms with Crippen LogP contribution in [0.1, 0.15) is 45.6 Å². The van der Waals surface area contributed by atoms with Gasteiger partial charge in [0.25, 0.3) is 5.56 Å². The molecule has 0 aliphatic heterocycles. The molecule has 0 amide bonds. The highest BCUT2D eigenvalue weighted by Gasteiger charge is 2.15. The summed E-state index contributed by atoms with van der Waals surface area (Å²) in [4.78, 5) is 26.5. The van der Waals surface area contributed by atoms with Gasteiger partial charge < -0.3 is 4.74 Å². The van der Waals surface area contributed by atoms with Gasteiger partial charge in [0.1, 0.15) is 5.15 Å². The van der Waals surface area contributed by atoms with Gasteiger partial charge in [-0.15, -0.1) is 0 Å². The van der Waals surface area contributed by atoms with Crippen molar-refractivity contribution in [3.05, 3.63) is 31.6 Å². The Hall–Kier alpha value is -1.07. The van der Waals surface area contributed by atoms with Gasteiger partial charge in [0.15, 0.2) is 0 Å². The van der Waals surface area contributed by atoms with E-state index in [0.717, 1.165) is 11.0 Å². The third-order valence-corrected chi connectivity index (χ3v) is 3.35. The minimum Gasteiger partial charge on any atom is -0.380 e. The topological polar surface area (TPSA) is 64.1 Å². The molecular formula is C14H23ClN2O3. The molecule has 20 heavy (non-hydrogen) atoms. The third-order valence-electron chi connectivity index (χ3n) is 3.05. The average molecular weight is 303 g/mol. The van der Waals surface area contributed by atoms with Gasteiger partial charge in [-0.2, -0.15) is 0 Å². The number of aromatic nitrogens is 2. The van der Waals surface area contributed by atoms with Crippen molar-refractivity contribution in [3.63, 3.8) is 0 Å². The van der Waals surface area contributed by atoms with Crippen molar-refractivity contribution in [2.45, 2.75) is 46.6 Å². The molecule has 0 atom stereocenters. The van der Waals surface area contributed by atoms with Gasteiger partial charge in [-0.3, -0.25) is 14.3 Å². The van der Waals surface area contributed by atoms with Crippen molar-refractivity contribution >= 4 is 11.6 Å². The van der Waals surface area contributed by atoms with E-state index >= 15 is 0 Å². The first-order chi connectivity index (χ1) is 9.34. The lowest BCUT2D eigenvalue weighted by atomic mass is 10.1. The monoisotopic (exact) mass is 302 g/mol. The number of hydrogen-bond donors (Lipinski definition) is 1. The van der Waals surface area contributed by atoms with E-state index in [1.54, 1.807) is 0 Å². The van der Waals surface area contributed by atoms with Crippen LogP contribution in [0, 0.1) is 5.92 Å². The van der Waals surface area contributed by atoms with E-state index < -0.39 is 5.69 Å². The molecule has 1 aromatic heterocycles. The largest absolute Gasteiger partial charge is 0.380 e. The van der Waals surface area contributed by atoms with E-state index in [0.29, 0.717) is 24.7 Å². The summed E-state index contributed by atoms with van der Waals surface area (Å²) in [5.41, 5.74) is -0.383. The van der Waals surface area contributed by atoms with Gasteiger partial charge >= 0.3 is 5.69 Å². The quantitative estimate of drug-likeness (QED) is 0.621. The Kier molecular flexibility index (Phi) is 6.49. The van der Waals surface area contributed by atoms with Gasteiger partial charge in [-0.1, -0.05) is 39.3 Å². The maximum Gasteiger partial charge on any atom is 0.329 e. The van der Waals surface area contributed by atoms with Crippen LogP contribution in [0.4, 0.5) is 0 Å². The van der Waals surface area contributed by atoms with E-state index in [2.05, 4.69) is 18.8 Å². The standard InChI is InChI=1S/C14H23ClN2O3/c1-9(2)5-7-20-8-6-17-13(18)11(10(3)4)12(15)16-14(17)19/h9-10H,5-8H2,1-4H3,(H,16,19). The predicted molar refractivity (Wildman–Crippen MR) is 80.7 cm³/mol. The molecule has 0 saturated heterocycles. The number of ether oxygens (including phenoxy) is 1. The molecule has 0 aliphatic carbocycles. The molecule has 0 bridgehead atoms. The van der Waals surface area contributed by atoms with Crippen molar-refractivity contribution in [2.75, 3.05) is 13.2 Å². The van der Waals surface area contributed by atoms with Crippen LogP contribution in [0.15, 0.2) is 9.59 Å². The number of halogens is 1. The lowest BCUT2D eigenvalue weighted by Crippen LogP contribution is -2.38. The molecule has 5 nitrogen and oxygen atoms in total. The van der Waals surface area contributed by atoms with Crippen molar-refractivity contribution in [2.24, 2.45) is 5.92 Å². The first kappa shape index (κ1) is 17.0. The molecule has 0 radical (unpaired) electrons. The number of rotatable bonds is 7. The summed E-state index contributed by atoms with van der Waals surface area (Å²) in [6, 6.07) is 0. The maximum atomic E-state index is 12.2. The Morgan fingerprint density at radius 2 is 1.85 bits per heavy atom. The minimum atomic E-state index is -0.489. The van der Waals surface area contributed by atoms with Crippen LogP contribution in [0.3, 0.4) is 0 Å². The Bertz CT molecular complexity index is 546. The average Bonchev–Trinajstić information content (AvgIpc) is 2.30. The molecule has 0 aromatic carbocycles. The fourth-order valence-corrected chi connectivity index (χ4v) is 2.22. The lowest BCUT2D eigenvalue weighted by Gasteiger charge is -2.11. The molecule has 0 fully saturated rings. The van der Waals surface area contributed by atoms with Crippen LogP contribution >= 0.6 is 11.6 Å². The predicted octanol–water partition coefficient (Wildman–Crippen LogP) is 2.38. The highest BCUT2D eigenvalue weighted by atomic mass is 35.5. The molecule has 0 unspecified atom stereocenters. The molecule has 0 spiro atoms. The molecule has 114 valence electrons. The second-order valence-corrected chi connectivity index (χ2v) is 5.94. The first-order valence-corrected chi connectivity index (χ1v) is 7.32. The third kappa shape index (κ3) is 4.49. The fourth-order valence-electron chi connectivity index (χ4n) is 1.84. The normalized spacial score (nSPS) is 11.6. The minimum absolute atomic E-state index is 0.0417. The van der Waals surface area contributed by atoms with Crippen LogP contribution in [-0.4, -0.2) is 22.8 Å². The fraction of sp³-hybridized carbons (Fsp3) is 0.714. The smallest absolute Gasteiger partial charge is 0.329 e. The van der Waals surface area contributed by atoms with Crippen molar-refractivity contribution in [3.8, 4) is 0 Å². The molecule has 1 heterocycles. The van der Waals surface area contributed by atoms with Gasteiger partial charge in [0, 0.05) is 6.61 Å². The van der Waals surface area contributed by atoms with Gasteiger partial charge in [0.2, 0.25) is 0 Å². The Labute approximate surface area is 123 Å². The summed E-state index contributed by atoms with van der Waals surface area (Å²) in [5, 5.41) is 0.131. The zero-order valence-electron chi connectivity index (χ0n) is 12.5. The van der Waals surface area contributed by atoms with Crippen LogP contribution in [0.2, 0.25) is 5.15 Å². The SMILES string of the molecule is CC(C)CCOCCn1c(=O)[nH]c(Cl)c(C(C)C)c1=O. The van der Waals surface area contributed by atoms with Crippen molar-refractivity contribution < 1.29 is 4.74 Å². The van der Waals surface area contributed by atoms with Crippen molar-refractivity contribution in [1.82, 2.24) is 9.55 Å². The molecule has 0 saturated carbocycles. The van der Waals surface area contributed by atoms with Crippen LogP contribution in [-0.2, 0) is 11.3 Å². The van der Waals surface area contributed by atoms with E-state index in [1.165, 1.54) is 0 Å². The summed E-state index contributed by atoms with van der Waals surface area (Å²) in [7, 11) is 0. The van der Waals surface area contributed by atoms with Crippen LogP contribution in [0.25, 0.3) is 0 Å². The Balaban J connectivity index is 2.78. The molecule has 1 rings (SSSR count). The number of H-pyrrole nitrogens is 1. The number of nitrogens with zero attached hydrogens (tertiary/aromatic N) is 1. The van der Waals surface area contributed by atoms with E-state index in [1.807, 2.05) is 13.8 Å². The maximum absolute atomic E-state index is 12.2. The summed E-state index contributed by atoms with van der Waals surface area (Å²) >= 11 is 5.92. The highest BCUT2D eigenvalue weighted by Crippen LogP contribution is 2.16.